The second kappa shape index (κ2) is 7.90. The van der Waals surface area contributed by atoms with E-state index in [1.54, 1.807) is 24.3 Å². The summed E-state index contributed by atoms with van der Waals surface area (Å²) in [7, 11) is 0. The van der Waals surface area contributed by atoms with Crippen LogP contribution in [0.2, 0.25) is 0 Å². The third-order valence-electron chi connectivity index (χ3n) is 6.50. The molecular weight excluding hydrogens is 413 g/mol. The number of phenolic OH excluding ortho intramolecular Hbond substituents is 1. The van der Waals surface area contributed by atoms with Crippen LogP contribution in [-0.2, 0) is 20.4 Å². The van der Waals surface area contributed by atoms with Crippen LogP contribution in [0.4, 0.5) is 4.39 Å². The molecule has 3 N–H and O–H groups in total. The Balaban J connectivity index is 1.96. The molecule has 0 amide bonds. The van der Waals surface area contributed by atoms with Gasteiger partial charge in [0.2, 0.25) is 0 Å². The van der Waals surface area contributed by atoms with Crippen LogP contribution >= 0.6 is 0 Å². The number of rotatable bonds is 7. The first kappa shape index (κ1) is 22.3. The van der Waals surface area contributed by atoms with Crippen molar-refractivity contribution in [3.63, 3.8) is 0 Å². The molecular formula is C25H28FNO5. The van der Waals surface area contributed by atoms with Gasteiger partial charge in [0.25, 0.3) is 0 Å². The lowest BCUT2D eigenvalue weighted by Gasteiger charge is -2.46. The van der Waals surface area contributed by atoms with Gasteiger partial charge in [-0.1, -0.05) is 26.8 Å². The number of aromatic hydroxyl groups is 1. The number of aromatic nitrogens is 1. The fourth-order valence-electron chi connectivity index (χ4n) is 4.94. The summed E-state index contributed by atoms with van der Waals surface area (Å²) in [5.41, 5.74) is 2.16. The number of carboxylic acid groups (broad SMARTS) is 1. The van der Waals surface area contributed by atoms with Crippen molar-refractivity contribution >= 4 is 16.9 Å². The Morgan fingerprint density at radius 3 is 2.47 bits per heavy atom. The van der Waals surface area contributed by atoms with Crippen molar-refractivity contribution in [3.8, 4) is 11.4 Å². The lowest BCUT2D eigenvalue weighted by molar-refractivity contribution is -0.148. The normalized spacial score (nSPS) is 21.0. The van der Waals surface area contributed by atoms with Crippen molar-refractivity contribution in [3.05, 3.63) is 59.5 Å². The molecule has 1 saturated carbocycles. The Kier molecular flexibility index (Phi) is 5.51. The molecule has 0 spiro atoms. The SMILES string of the molecule is CC(C)(CO)c1c([C@]2(C)C[C@@H](OCC(=O)O)C2)c2c(O)cccc2n1-c1ccc(F)cc1. The highest BCUT2D eigenvalue weighted by Gasteiger charge is 2.48. The minimum absolute atomic E-state index is 0.129. The van der Waals surface area contributed by atoms with E-state index in [-0.39, 0.29) is 30.9 Å². The first-order valence-electron chi connectivity index (χ1n) is 10.6. The third kappa shape index (κ3) is 3.65. The number of aliphatic hydroxyl groups excluding tert-OH is 1. The molecule has 3 aromatic rings. The van der Waals surface area contributed by atoms with Gasteiger partial charge >= 0.3 is 5.97 Å². The standard InChI is InChI=1S/C25H28FNO5/c1-24(2,14-28)23-22(25(3)11-17(12-25)32-13-20(30)31)21-18(5-4-6-19(21)29)27(23)16-9-7-15(26)8-10-16/h4-10,17,28-29H,11-14H2,1-3H3,(H,30,31)/t17-,25-. The molecule has 1 aliphatic rings. The number of aliphatic hydroxyl groups is 1. The van der Waals surface area contributed by atoms with Crippen LogP contribution in [-0.4, -0.2) is 45.2 Å². The van der Waals surface area contributed by atoms with Gasteiger partial charge in [-0.2, -0.15) is 0 Å². The van der Waals surface area contributed by atoms with Gasteiger partial charge in [-0.3, -0.25) is 0 Å². The van der Waals surface area contributed by atoms with Gasteiger partial charge in [-0.15, -0.1) is 0 Å². The average molecular weight is 441 g/mol. The van der Waals surface area contributed by atoms with Crippen LogP contribution in [0.5, 0.6) is 5.75 Å². The highest BCUT2D eigenvalue weighted by Crippen LogP contribution is 2.53. The van der Waals surface area contributed by atoms with Crippen LogP contribution in [0.1, 0.15) is 44.9 Å². The Labute approximate surface area is 185 Å². The van der Waals surface area contributed by atoms with Gasteiger partial charge in [0.05, 0.1) is 18.2 Å². The van der Waals surface area contributed by atoms with E-state index in [1.807, 2.05) is 24.5 Å². The van der Waals surface area contributed by atoms with Crippen molar-refractivity contribution in [1.29, 1.82) is 0 Å². The fourth-order valence-corrected chi connectivity index (χ4v) is 4.94. The van der Waals surface area contributed by atoms with Crippen LogP contribution in [0.3, 0.4) is 0 Å². The molecule has 0 bridgehead atoms. The summed E-state index contributed by atoms with van der Waals surface area (Å²) in [4.78, 5) is 10.9. The van der Waals surface area contributed by atoms with Crippen molar-refractivity contribution in [2.75, 3.05) is 13.2 Å². The molecule has 7 heteroatoms. The molecule has 4 rings (SSSR count). The van der Waals surface area contributed by atoms with E-state index in [0.717, 1.165) is 22.5 Å². The number of phenols is 1. The van der Waals surface area contributed by atoms with Crippen LogP contribution in [0.15, 0.2) is 42.5 Å². The molecule has 1 aromatic heterocycles. The number of fused-ring (bicyclic) bond motifs is 1. The maximum Gasteiger partial charge on any atom is 0.329 e. The van der Waals surface area contributed by atoms with E-state index in [1.165, 1.54) is 12.1 Å². The van der Waals surface area contributed by atoms with Crippen LogP contribution in [0.25, 0.3) is 16.6 Å². The van der Waals surface area contributed by atoms with E-state index in [2.05, 4.69) is 6.92 Å². The largest absolute Gasteiger partial charge is 0.507 e. The van der Waals surface area contributed by atoms with Crippen molar-refractivity contribution in [2.24, 2.45) is 0 Å². The lowest BCUT2D eigenvalue weighted by Crippen LogP contribution is -2.46. The van der Waals surface area contributed by atoms with E-state index in [9.17, 15) is 19.4 Å². The monoisotopic (exact) mass is 441 g/mol. The molecule has 2 aromatic carbocycles. The van der Waals surface area contributed by atoms with Gasteiger partial charge in [0, 0.05) is 22.2 Å². The smallest absolute Gasteiger partial charge is 0.329 e. The molecule has 0 aliphatic heterocycles. The Bertz CT molecular complexity index is 1160. The zero-order valence-electron chi connectivity index (χ0n) is 18.4. The zero-order chi connectivity index (χ0) is 23.3. The number of halogens is 1. The quantitative estimate of drug-likeness (QED) is 0.509. The van der Waals surface area contributed by atoms with Gasteiger partial charge in [0.15, 0.2) is 0 Å². The topological polar surface area (TPSA) is 91.9 Å². The molecule has 0 radical (unpaired) electrons. The van der Waals surface area contributed by atoms with Gasteiger partial charge in [-0.25, -0.2) is 9.18 Å². The van der Waals surface area contributed by atoms with E-state index in [4.69, 9.17) is 9.84 Å². The van der Waals surface area contributed by atoms with Crippen molar-refractivity contribution < 1.29 is 29.2 Å². The Hall–Kier alpha value is -2.90. The van der Waals surface area contributed by atoms with Crippen molar-refractivity contribution in [1.82, 2.24) is 4.57 Å². The molecule has 1 heterocycles. The number of aliphatic carboxylic acids is 1. The third-order valence-corrected chi connectivity index (χ3v) is 6.50. The van der Waals surface area contributed by atoms with E-state index < -0.39 is 16.8 Å². The summed E-state index contributed by atoms with van der Waals surface area (Å²) in [5, 5.41) is 30.8. The molecule has 170 valence electrons. The van der Waals surface area contributed by atoms with Gasteiger partial charge < -0.3 is 24.6 Å². The molecule has 1 aliphatic carbocycles. The first-order chi connectivity index (χ1) is 15.1. The number of ether oxygens (including phenoxy) is 1. The second-order valence-electron chi connectivity index (χ2n) is 9.54. The van der Waals surface area contributed by atoms with E-state index >= 15 is 0 Å². The van der Waals surface area contributed by atoms with Gasteiger partial charge in [-0.05, 0) is 60.2 Å². The minimum atomic E-state index is -1.01. The summed E-state index contributed by atoms with van der Waals surface area (Å²) >= 11 is 0. The summed E-state index contributed by atoms with van der Waals surface area (Å²) in [6.07, 6.45) is 0.980. The van der Waals surface area contributed by atoms with Crippen LogP contribution < -0.4 is 0 Å². The number of nitrogens with zero attached hydrogens (tertiary/aromatic N) is 1. The molecule has 6 nitrogen and oxygen atoms in total. The molecule has 32 heavy (non-hydrogen) atoms. The molecule has 1 fully saturated rings. The maximum atomic E-state index is 13.7. The summed E-state index contributed by atoms with van der Waals surface area (Å²) in [6.45, 7) is 5.46. The second-order valence-corrected chi connectivity index (χ2v) is 9.54. The predicted molar refractivity (Wildman–Crippen MR) is 119 cm³/mol. The maximum absolute atomic E-state index is 13.7. The lowest BCUT2D eigenvalue weighted by atomic mass is 9.61. The minimum Gasteiger partial charge on any atom is -0.507 e. The van der Waals surface area contributed by atoms with Gasteiger partial charge in [0.1, 0.15) is 18.2 Å². The highest BCUT2D eigenvalue weighted by atomic mass is 19.1. The first-order valence-corrected chi connectivity index (χ1v) is 10.6. The summed E-state index contributed by atoms with van der Waals surface area (Å²) in [6, 6.07) is 11.4. The molecule has 0 saturated heterocycles. The van der Waals surface area contributed by atoms with Crippen LogP contribution in [0, 0.1) is 5.82 Å². The van der Waals surface area contributed by atoms with E-state index in [0.29, 0.717) is 18.2 Å². The number of carbonyl (C=O) groups is 1. The Morgan fingerprint density at radius 2 is 1.88 bits per heavy atom. The zero-order valence-corrected chi connectivity index (χ0v) is 18.4. The predicted octanol–water partition coefficient (Wildman–Crippen LogP) is 4.27. The fraction of sp³-hybridized carbons (Fsp3) is 0.400. The average Bonchev–Trinajstić information content (AvgIpc) is 3.09. The highest BCUT2D eigenvalue weighted by molar-refractivity contribution is 5.94. The summed E-state index contributed by atoms with van der Waals surface area (Å²) < 4.78 is 21.1. The van der Waals surface area contributed by atoms with Crippen molar-refractivity contribution in [2.45, 2.75) is 50.5 Å². The number of benzene rings is 2. The Morgan fingerprint density at radius 1 is 1.22 bits per heavy atom. The summed E-state index contributed by atoms with van der Waals surface area (Å²) in [5.74, 6) is -1.23. The number of carboxylic acids is 1. The molecule has 0 unspecified atom stereocenters. The molecule has 0 atom stereocenters. The number of hydrogen-bond acceptors (Lipinski definition) is 4. The number of hydrogen-bond donors (Lipinski definition) is 3.